The third-order valence-corrected chi connectivity index (χ3v) is 4.76. The Kier molecular flexibility index (Phi) is 4.47. The number of carbonyl (C=O) groups excluding carboxylic acids is 1. The number of nitrogens with one attached hydrogen (secondary N) is 1. The van der Waals surface area contributed by atoms with Gasteiger partial charge in [0, 0.05) is 18.2 Å². The van der Waals surface area contributed by atoms with Crippen molar-refractivity contribution >= 4 is 15.9 Å². The average Bonchev–Trinajstić information content (AvgIpc) is 3.03. The molecule has 8 nitrogen and oxygen atoms in total. The molecule has 0 spiro atoms. The van der Waals surface area contributed by atoms with Crippen molar-refractivity contribution in [3.05, 3.63) is 59.7 Å². The first-order valence-corrected chi connectivity index (χ1v) is 8.61. The number of carbonyl (C=O) groups is 1. The molecule has 26 heavy (non-hydrogen) atoms. The predicted molar refractivity (Wildman–Crippen MR) is 85.2 cm³/mol. The van der Waals surface area contributed by atoms with Crippen LogP contribution in [0.3, 0.4) is 0 Å². The highest BCUT2D eigenvalue weighted by atomic mass is 32.2. The van der Waals surface area contributed by atoms with Crippen molar-refractivity contribution in [2.24, 2.45) is 7.05 Å². The number of hydrogen-bond donors (Lipinski definition) is 1. The summed E-state index contributed by atoms with van der Waals surface area (Å²) in [4.78, 5) is 11.8. The Morgan fingerprint density at radius 3 is 2.54 bits per heavy atom. The third kappa shape index (κ3) is 3.42. The molecule has 2 aromatic carbocycles. The number of benzene rings is 2. The van der Waals surface area contributed by atoms with Gasteiger partial charge in [0.05, 0.1) is 4.90 Å². The van der Waals surface area contributed by atoms with E-state index in [-0.39, 0.29) is 10.5 Å². The molecule has 3 aromatic rings. The standard InChI is InChI=1S/C15H11F2N5O3S/c1-22-14(18-20-21-22)9-3-2-4-11(7-9)26(24,25)19-15(23)10-5-6-12(16)13(17)8-10/h2-8H,1H3,(H,19,23). The number of amides is 1. The van der Waals surface area contributed by atoms with E-state index in [0.29, 0.717) is 17.5 Å². The zero-order valence-electron chi connectivity index (χ0n) is 13.2. The zero-order chi connectivity index (χ0) is 18.9. The Morgan fingerprint density at radius 2 is 1.88 bits per heavy atom. The van der Waals surface area contributed by atoms with E-state index >= 15 is 0 Å². The number of tetrazole rings is 1. The Labute approximate surface area is 146 Å². The fourth-order valence-corrected chi connectivity index (χ4v) is 3.17. The van der Waals surface area contributed by atoms with E-state index in [9.17, 15) is 22.0 Å². The van der Waals surface area contributed by atoms with E-state index in [1.807, 2.05) is 4.72 Å². The van der Waals surface area contributed by atoms with Crippen LogP contribution < -0.4 is 4.72 Å². The van der Waals surface area contributed by atoms with Crippen molar-refractivity contribution in [2.75, 3.05) is 0 Å². The zero-order valence-corrected chi connectivity index (χ0v) is 14.0. The van der Waals surface area contributed by atoms with Crippen LogP contribution in [0.2, 0.25) is 0 Å². The highest BCUT2D eigenvalue weighted by Crippen LogP contribution is 2.20. The maximum atomic E-state index is 13.2. The van der Waals surface area contributed by atoms with Crippen LogP contribution in [0.1, 0.15) is 10.4 Å². The Morgan fingerprint density at radius 1 is 1.12 bits per heavy atom. The normalized spacial score (nSPS) is 11.3. The Balaban J connectivity index is 1.90. The minimum Gasteiger partial charge on any atom is -0.268 e. The van der Waals surface area contributed by atoms with Crippen LogP contribution in [-0.4, -0.2) is 34.5 Å². The van der Waals surface area contributed by atoms with Crippen molar-refractivity contribution < 1.29 is 22.0 Å². The second-order valence-corrected chi connectivity index (χ2v) is 6.90. The number of nitrogens with zero attached hydrogens (tertiary/aromatic N) is 4. The predicted octanol–water partition coefficient (Wildman–Crippen LogP) is 1.27. The fourth-order valence-electron chi connectivity index (χ4n) is 2.15. The van der Waals surface area contributed by atoms with Crippen LogP contribution in [0.4, 0.5) is 8.78 Å². The summed E-state index contributed by atoms with van der Waals surface area (Å²) in [7, 11) is -2.67. The number of halogens is 2. The molecule has 0 radical (unpaired) electrons. The van der Waals surface area contributed by atoms with Gasteiger partial charge in [-0.25, -0.2) is 26.6 Å². The number of aryl methyl sites for hydroxylation is 1. The van der Waals surface area contributed by atoms with Gasteiger partial charge in [0.25, 0.3) is 15.9 Å². The van der Waals surface area contributed by atoms with Gasteiger partial charge in [-0.05, 0) is 40.8 Å². The van der Waals surface area contributed by atoms with Crippen molar-refractivity contribution in [2.45, 2.75) is 4.90 Å². The molecular weight excluding hydrogens is 368 g/mol. The van der Waals surface area contributed by atoms with E-state index < -0.39 is 27.6 Å². The number of sulfonamides is 1. The summed E-state index contributed by atoms with van der Waals surface area (Å²) in [5.74, 6) is -3.16. The molecule has 1 heterocycles. The highest BCUT2D eigenvalue weighted by molar-refractivity contribution is 7.90. The summed E-state index contributed by atoms with van der Waals surface area (Å²) in [6.45, 7) is 0. The summed E-state index contributed by atoms with van der Waals surface area (Å²) in [5, 5.41) is 10.9. The lowest BCUT2D eigenvalue weighted by atomic mass is 10.2. The molecule has 0 bridgehead atoms. The Bertz CT molecular complexity index is 1100. The molecule has 0 fully saturated rings. The van der Waals surface area contributed by atoms with Crippen LogP contribution in [0.5, 0.6) is 0 Å². The van der Waals surface area contributed by atoms with Gasteiger partial charge in [0.1, 0.15) is 0 Å². The first kappa shape index (κ1) is 17.6. The lowest BCUT2D eigenvalue weighted by molar-refractivity contribution is 0.0981. The summed E-state index contributed by atoms with van der Waals surface area (Å²) in [6, 6.07) is 7.94. The fraction of sp³-hybridized carbons (Fsp3) is 0.0667. The van der Waals surface area contributed by atoms with Crippen molar-refractivity contribution in [1.82, 2.24) is 24.9 Å². The van der Waals surface area contributed by atoms with E-state index in [2.05, 4.69) is 15.5 Å². The van der Waals surface area contributed by atoms with Gasteiger partial charge >= 0.3 is 0 Å². The minimum atomic E-state index is -4.25. The van der Waals surface area contributed by atoms with Gasteiger partial charge in [-0.3, -0.25) is 4.79 Å². The molecule has 1 aromatic heterocycles. The highest BCUT2D eigenvalue weighted by Gasteiger charge is 2.21. The van der Waals surface area contributed by atoms with Crippen molar-refractivity contribution in [3.8, 4) is 11.4 Å². The van der Waals surface area contributed by atoms with Crippen LogP contribution in [-0.2, 0) is 17.1 Å². The first-order chi connectivity index (χ1) is 12.3. The van der Waals surface area contributed by atoms with Crippen LogP contribution >= 0.6 is 0 Å². The van der Waals surface area contributed by atoms with E-state index in [1.54, 1.807) is 13.1 Å². The second-order valence-electron chi connectivity index (χ2n) is 5.22. The molecule has 3 rings (SSSR count). The van der Waals surface area contributed by atoms with Gasteiger partial charge in [0.2, 0.25) is 0 Å². The molecule has 0 saturated heterocycles. The molecule has 0 atom stereocenters. The summed E-state index contributed by atoms with van der Waals surface area (Å²) in [5.41, 5.74) is 0.0850. The maximum absolute atomic E-state index is 13.2. The SMILES string of the molecule is Cn1nnnc1-c1cccc(S(=O)(=O)NC(=O)c2ccc(F)c(F)c2)c1. The van der Waals surface area contributed by atoms with Crippen molar-refractivity contribution in [1.29, 1.82) is 0 Å². The molecule has 0 aliphatic rings. The lowest BCUT2D eigenvalue weighted by Crippen LogP contribution is -2.30. The van der Waals surface area contributed by atoms with E-state index in [0.717, 1.165) is 12.1 Å². The first-order valence-electron chi connectivity index (χ1n) is 7.13. The van der Waals surface area contributed by atoms with Gasteiger partial charge in [-0.15, -0.1) is 5.10 Å². The van der Waals surface area contributed by atoms with Crippen LogP contribution in [0.15, 0.2) is 47.4 Å². The van der Waals surface area contributed by atoms with Crippen molar-refractivity contribution in [3.63, 3.8) is 0 Å². The molecular formula is C15H11F2N5O3S. The average molecular weight is 379 g/mol. The topological polar surface area (TPSA) is 107 Å². The molecule has 0 aliphatic heterocycles. The van der Waals surface area contributed by atoms with Crippen LogP contribution in [0, 0.1) is 11.6 Å². The molecule has 1 N–H and O–H groups in total. The number of hydrogen-bond acceptors (Lipinski definition) is 6. The smallest absolute Gasteiger partial charge is 0.265 e. The second kappa shape index (κ2) is 6.59. The van der Waals surface area contributed by atoms with Crippen LogP contribution in [0.25, 0.3) is 11.4 Å². The van der Waals surface area contributed by atoms with E-state index in [1.165, 1.54) is 22.9 Å². The Hall–Kier alpha value is -3.21. The largest absolute Gasteiger partial charge is 0.268 e. The molecule has 0 aliphatic carbocycles. The third-order valence-electron chi connectivity index (χ3n) is 3.43. The van der Waals surface area contributed by atoms with Gasteiger partial charge in [-0.2, -0.15) is 0 Å². The molecule has 0 saturated carbocycles. The van der Waals surface area contributed by atoms with Gasteiger partial charge in [-0.1, -0.05) is 12.1 Å². The summed E-state index contributed by atoms with van der Waals surface area (Å²) >= 11 is 0. The number of rotatable bonds is 4. The minimum absolute atomic E-state index is 0.214. The van der Waals surface area contributed by atoms with E-state index in [4.69, 9.17) is 0 Å². The quantitative estimate of drug-likeness (QED) is 0.732. The molecule has 0 unspecified atom stereocenters. The number of aromatic nitrogens is 4. The monoisotopic (exact) mass is 379 g/mol. The lowest BCUT2D eigenvalue weighted by Gasteiger charge is -2.08. The molecule has 134 valence electrons. The summed E-state index contributed by atoms with van der Waals surface area (Å²) < 4.78 is 54.1. The van der Waals surface area contributed by atoms with Gasteiger partial charge < -0.3 is 0 Å². The van der Waals surface area contributed by atoms with Gasteiger partial charge in [0.15, 0.2) is 17.5 Å². The molecule has 1 amide bonds. The summed E-state index contributed by atoms with van der Waals surface area (Å²) in [6.07, 6.45) is 0. The molecule has 11 heteroatoms. The maximum Gasteiger partial charge on any atom is 0.265 e.